The number of rotatable bonds is 4. The van der Waals surface area contributed by atoms with Crippen LogP contribution in [0.15, 0.2) is 18.3 Å². The molecule has 0 spiro atoms. The van der Waals surface area contributed by atoms with Crippen LogP contribution >= 0.6 is 0 Å². The molecule has 118 valence electrons. The molecule has 0 radical (unpaired) electrons. The van der Waals surface area contributed by atoms with Gasteiger partial charge in [0.05, 0.1) is 25.5 Å². The Morgan fingerprint density at radius 2 is 2.23 bits per heavy atom. The van der Waals surface area contributed by atoms with E-state index in [2.05, 4.69) is 10.3 Å². The van der Waals surface area contributed by atoms with Gasteiger partial charge in [0, 0.05) is 19.1 Å². The first kappa shape index (κ1) is 14.6. The van der Waals surface area contributed by atoms with Crippen molar-refractivity contribution in [3.63, 3.8) is 0 Å². The summed E-state index contributed by atoms with van der Waals surface area (Å²) in [5.74, 6) is 0.725. The van der Waals surface area contributed by atoms with Gasteiger partial charge in [0.2, 0.25) is 5.91 Å². The summed E-state index contributed by atoms with van der Waals surface area (Å²) in [7, 11) is 1.58. The van der Waals surface area contributed by atoms with Gasteiger partial charge in [0.25, 0.3) is 0 Å². The van der Waals surface area contributed by atoms with E-state index in [1.807, 2.05) is 4.90 Å². The average molecular weight is 304 g/mol. The fourth-order valence-corrected chi connectivity index (χ4v) is 2.55. The van der Waals surface area contributed by atoms with Crippen molar-refractivity contribution in [3.8, 4) is 5.75 Å². The van der Waals surface area contributed by atoms with Crippen molar-refractivity contribution >= 4 is 11.9 Å². The highest BCUT2D eigenvalue weighted by Gasteiger charge is 2.36. The quantitative estimate of drug-likeness (QED) is 0.884. The Bertz CT molecular complexity index is 556. The Labute approximate surface area is 129 Å². The van der Waals surface area contributed by atoms with E-state index in [9.17, 15) is 9.59 Å². The smallest absolute Gasteiger partial charge is 0.318 e. The van der Waals surface area contributed by atoms with Crippen LogP contribution < -0.4 is 10.1 Å². The number of ether oxygens (including phenoxy) is 1. The van der Waals surface area contributed by atoms with E-state index in [1.54, 1.807) is 30.3 Å². The lowest BCUT2D eigenvalue weighted by Crippen LogP contribution is -2.55. The Hall–Kier alpha value is -2.31. The Morgan fingerprint density at radius 3 is 2.82 bits per heavy atom. The number of urea groups is 1. The van der Waals surface area contributed by atoms with Crippen LogP contribution in [0, 0.1) is 0 Å². The van der Waals surface area contributed by atoms with Crippen molar-refractivity contribution in [1.29, 1.82) is 0 Å². The molecule has 1 aromatic rings. The highest BCUT2D eigenvalue weighted by molar-refractivity contribution is 5.85. The molecule has 1 N–H and O–H groups in total. The molecule has 2 aliphatic rings. The minimum absolute atomic E-state index is 0.0477. The molecule has 1 aliphatic carbocycles. The minimum atomic E-state index is -0.221. The molecule has 3 amide bonds. The number of nitrogens with zero attached hydrogens (tertiary/aromatic N) is 3. The Kier molecular flexibility index (Phi) is 4.13. The molecule has 2 heterocycles. The molecule has 0 aromatic carbocycles. The summed E-state index contributed by atoms with van der Waals surface area (Å²) < 4.78 is 5.04. The summed E-state index contributed by atoms with van der Waals surface area (Å²) in [6.45, 7) is 1.72. The van der Waals surface area contributed by atoms with Crippen LogP contribution in [-0.2, 0) is 11.3 Å². The zero-order valence-electron chi connectivity index (χ0n) is 12.6. The van der Waals surface area contributed by atoms with Crippen molar-refractivity contribution in [3.05, 3.63) is 24.0 Å². The number of amides is 3. The summed E-state index contributed by atoms with van der Waals surface area (Å²) >= 11 is 0. The van der Waals surface area contributed by atoms with E-state index in [4.69, 9.17) is 4.74 Å². The number of carbonyl (C=O) groups is 2. The van der Waals surface area contributed by atoms with Gasteiger partial charge in [-0.25, -0.2) is 4.79 Å². The molecule has 22 heavy (non-hydrogen) atoms. The maximum absolute atomic E-state index is 12.1. The highest BCUT2D eigenvalue weighted by atomic mass is 16.5. The number of piperazine rings is 1. The molecule has 7 heteroatoms. The standard InChI is InChI=1S/C15H20N4O3/c1-22-13-5-2-11(16-9-13)8-17-15(21)18-6-7-19(12-3-4-12)14(20)10-18/h2,5,9,12H,3-4,6-8,10H2,1H3,(H,17,21). The van der Waals surface area contributed by atoms with Gasteiger partial charge >= 0.3 is 6.03 Å². The summed E-state index contributed by atoms with van der Waals surface area (Å²) in [5, 5.41) is 2.80. The van der Waals surface area contributed by atoms with Crippen LogP contribution in [0.4, 0.5) is 4.79 Å². The predicted molar refractivity (Wildman–Crippen MR) is 79.3 cm³/mol. The Morgan fingerprint density at radius 1 is 1.41 bits per heavy atom. The normalized spacial score (nSPS) is 18.3. The summed E-state index contributed by atoms with van der Waals surface area (Å²) in [5.41, 5.74) is 0.747. The molecule has 7 nitrogen and oxygen atoms in total. The van der Waals surface area contributed by atoms with Gasteiger partial charge in [-0.1, -0.05) is 0 Å². The molecule has 0 unspecified atom stereocenters. The second kappa shape index (κ2) is 6.21. The van der Waals surface area contributed by atoms with Crippen LogP contribution in [0.3, 0.4) is 0 Å². The number of nitrogens with one attached hydrogen (secondary N) is 1. The van der Waals surface area contributed by atoms with E-state index >= 15 is 0 Å². The first-order valence-electron chi connectivity index (χ1n) is 7.48. The summed E-state index contributed by atoms with van der Waals surface area (Å²) in [6, 6.07) is 3.80. The van der Waals surface area contributed by atoms with Gasteiger partial charge in [-0.05, 0) is 25.0 Å². The molecule has 0 atom stereocenters. The number of methoxy groups -OCH3 is 1. The predicted octanol–water partition coefficient (Wildman–Crippen LogP) is 0.606. The number of aromatic nitrogens is 1. The Balaban J connectivity index is 1.48. The van der Waals surface area contributed by atoms with Crippen LogP contribution in [0.2, 0.25) is 0 Å². The van der Waals surface area contributed by atoms with E-state index < -0.39 is 0 Å². The molecular weight excluding hydrogens is 284 g/mol. The van der Waals surface area contributed by atoms with E-state index in [-0.39, 0.29) is 18.5 Å². The lowest BCUT2D eigenvalue weighted by molar-refractivity contribution is -0.135. The first-order valence-corrected chi connectivity index (χ1v) is 7.48. The van der Waals surface area contributed by atoms with Gasteiger partial charge < -0.3 is 19.9 Å². The molecule has 3 rings (SSSR count). The third kappa shape index (κ3) is 3.29. The van der Waals surface area contributed by atoms with Gasteiger partial charge in [-0.3, -0.25) is 9.78 Å². The van der Waals surface area contributed by atoms with Gasteiger partial charge in [0.1, 0.15) is 12.3 Å². The van der Waals surface area contributed by atoms with E-state index in [0.29, 0.717) is 31.4 Å². The summed E-state index contributed by atoms with van der Waals surface area (Å²) in [4.78, 5) is 31.8. The maximum atomic E-state index is 12.1. The topological polar surface area (TPSA) is 74.8 Å². The second-order valence-electron chi connectivity index (χ2n) is 5.59. The van der Waals surface area contributed by atoms with Crippen LogP contribution in [0.1, 0.15) is 18.5 Å². The van der Waals surface area contributed by atoms with E-state index in [0.717, 1.165) is 18.5 Å². The number of pyridine rings is 1. The van der Waals surface area contributed by atoms with E-state index in [1.165, 1.54) is 0 Å². The molecule has 1 aliphatic heterocycles. The van der Waals surface area contributed by atoms with Crippen LogP contribution in [-0.4, -0.2) is 59.5 Å². The molecule has 2 fully saturated rings. The number of hydrogen-bond acceptors (Lipinski definition) is 4. The average Bonchev–Trinajstić information content (AvgIpc) is 3.37. The molecule has 1 aromatic heterocycles. The van der Waals surface area contributed by atoms with Gasteiger partial charge in [-0.15, -0.1) is 0 Å². The molecule has 0 bridgehead atoms. The third-order valence-electron chi connectivity index (χ3n) is 3.99. The van der Waals surface area contributed by atoms with Crippen molar-refractivity contribution in [1.82, 2.24) is 20.1 Å². The van der Waals surface area contributed by atoms with Crippen molar-refractivity contribution in [2.24, 2.45) is 0 Å². The molecular formula is C15H20N4O3. The first-order chi connectivity index (χ1) is 10.7. The summed E-state index contributed by atoms with van der Waals surface area (Å²) in [6.07, 6.45) is 3.81. The van der Waals surface area contributed by atoms with Crippen molar-refractivity contribution in [2.75, 3.05) is 26.7 Å². The largest absolute Gasteiger partial charge is 0.495 e. The van der Waals surface area contributed by atoms with Crippen molar-refractivity contribution in [2.45, 2.75) is 25.4 Å². The number of carbonyl (C=O) groups excluding carboxylic acids is 2. The third-order valence-corrected chi connectivity index (χ3v) is 3.99. The monoisotopic (exact) mass is 304 g/mol. The number of hydrogen-bond donors (Lipinski definition) is 1. The van der Waals surface area contributed by atoms with Gasteiger partial charge in [-0.2, -0.15) is 0 Å². The fraction of sp³-hybridized carbons (Fsp3) is 0.533. The van der Waals surface area contributed by atoms with Crippen LogP contribution in [0.25, 0.3) is 0 Å². The zero-order valence-corrected chi connectivity index (χ0v) is 12.6. The second-order valence-corrected chi connectivity index (χ2v) is 5.59. The maximum Gasteiger partial charge on any atom is 0.318 e. The zero-order chi connectivity index (χ0) is 15.5. The van der Waals surface area contributed by atoms with Crippen LogP contribution in [0.5, 0.6) is 5.75 Å². The lowest BCUT2D eigenvalue weighted by atomic mass is 10.3. The van der Waals surface area contributed by atoms with Crippen molar-refractivity contribution < 1.29 is 14.3 Å². The molecule has 1 saturated heterocycles. The lowest BCUT2D eigenvalue weighted by Gasteiger charge is -2.34. The SMILES string of the molecule is COc1ccc(CNC(=O)N2CCN(C3CC3)C(=O)C2)nc1. The minimum Gasteiger partial charge on any atom is -0.495 e. The molecule has 1 saturated carbocycles. The highest BCUT2D eigenvalue weighted by Crippen LogP contribution is 2.27. The fourth-order valence-electron chi connectivity index (χ4n) is 2.55. The van der Waals surface area contributed by atoms with Gasteiger partial charge in [0.15, 0.2) is 0 Å².